The molecule has 3 aliphatic rings. The summed E-state index contributed by atoms with van der Waals surface area (Å²) in [7, 11) is 1.82. The van der Waals surface area contributed by atoms with Gasteiger partial charge in [0.1, 0.15) is 0 Å². The molecule has 0 aromatic carbocycles. The zero-order valence-electron chi connectivity index (χ0n) is 17.4. The number of ether oxygens (including phenoxy) is 1. The van der Waals surface area contributed by atoms with Crippen LogP contribution in [0, 0.1) is 11.2 Å². The van der Waals surface area contributed by atoms with Crippen molar-refractivity contribution >= 4 is 35.8 Å². The number of hydrogen-bond donors (Lipinski definition) is 2. The summed E-state index contributed by atoms with van der Waals surface area (Å²) in [6, 6.07) is 3.75. The molecule has 1 aromatic rings. The second kappa shape index (κ2) is 9.76. The average Bonchev–Trinajstić information content (AvgIpc) is 3.38. The molecule has 0 amide bonds. The number of pyridine rings is 1. The van der Waals surface area contributed by atoms with Gasteiger partial charge in [0.2, 0.25) is 0 Å². The lowest BCUT2D eigenvalue weighted by Crippen LogP contribution is -2.65. The molecule has 1 saturated heterocycles. The highest BCUT2D eigenvalue weighted by molar-refractivity contribution is 14.0. The summed E-state index contributed by atoms with van der Waals surface area (Å²) in [6.45, 7) is 4.39. The van der Waals surface area contributed by atoms with E-state index < -0.39 is 0 Å². The first-order valence-corrected chi connectivity index (χ1v) is 10.6. The summed E-state index contributed by atoms with van der Waals surface area (Å²) in [6.07, 6.45) is 9.07. The summed E-state index contributed by atoms with van der Waals surface area (Å²) < 4.78 is 20.0. The van der Waals surface area contributed by atoms with Crippen LogP contribution in [-0.2, 0) is 4.74 Å². The van der Waals surface area contributed by atoms with E-state index in [1.165, 1.54) is 31.7 Å². The van der Waals surface area contributed by atoms with Gasteiger partial charge in [-0.2, -0.15) is 0 Å². The summed E-state index contributed by atoms with van der Waals surface area (Å²) >= 11 is 0. The van der Waals surface area contributed by atoms with E-state index >= 15 is 0 Å². The molecule has 2 saturated carbocycles. The van der Waals surface area contributed by atoms with Crippen LogP contribution in [0.4, 0.5) is 10.2 Å². The standard InChI is InChI=1S/C21H32FN5O.HI/c1-3-28-18-13-17(21(18)9-4-5-10-21)26-20(23-2)25-15-8-12-27(14-15)19-16(22)7-6-11-24-19;/h6-7,11,15,17-18H,3-5,8-10,12-14H2,1-2H3,(H2,23,25,26);1H. The molecule has 3 unspecified atom stereocenters. The van der Waals surface area contributed by atoms with Crippen molar-refractivity contribution in [3.05, 3.63) is 24.1 Å². The summed E-state index contributed by atoms with van der Waals surface area (Å²) in [5.41, 5.74) is 0.270. The number of halogens is 2. The van der Waals surface area contributed by atoms with E-state index in [2.05, 4.69) is 27.5 Å². The van der Waals surface area contributed by atoms with Gasteiger partial charge in [0.25, 0.3) is 0 Å². The zero-order valence-corrected chi connectivity index (χ0v) is 19.7. The van der Waals surface area contributed by atoms with Crippen LogP contribution in [0.25, 0.3) is 0 Å². The Labute approximate surface area is 190 Å². The number of hydrogen-bond acceptors (Lipinski definition) is 4. The van der Waals surface area contributed by atoms with Crippen molar-refractivity contribution < 1.29 is 9.13 Å². The highest BCUT2D eigenvalue weighted by atomic mass is 127. The fourth-order valence-corrected chi connectivity index (χ4v) is 5.30. The molecule has 4 rings (SSSR count). The van der Waals surface area contributed by atoms with Gasteiger partial charge in [0, 0.05) is 50.4 Å². The Morgan fingerprint density at radius 2 is 2.17 bits per heavy atom. The van der Waals surface area contributed by atoms with Gasteiger partial charge in [0.15, 0.2) is 17.6 Å². The van der Waals surface area contributed by atoms with Crippen LogP contribution < -0.4 is 15.5 Å². The Balaban J connectivity index is 0.00000240. The lowest BCUT2D eigenvalue weighted by atomic mass is 9.60. The predicted octanol–water partition coefficient (Wildman–Crippen LogP) is 3.32. The van der Waals surface area contributed by atoms with Crippen molar-refractivity contribution in [1.29, 1.82) is 0 Å². The smallest absolute Gasteiger partial charge is 0.191 e. The first-order chi connectivity index (χ1) is 13.7. The third kappa shape index (κ3) is 4.47. The van der Waals surface area contributed by atoms with E-state index in [0.29, 0.717) is 18.0 Å². The van der Waals surface area contributed by atoms with Crippen molar-refractivity contribution in [3.8, 4) is 0 Å². The van der Waals surface area contributed by atoms with E-state index in [0.717, 1.165) is 38.5 Å². The predicted molar refractivity (Wildman–Crippen MR) is 125 cm³/mol. The van der Waals surface area contributed by atoms with Crippen LogP contribution in [0.5, 0.6) is 0 Å². The number of aliphatic imine (C=N–C) groups is 1. The summed E-state index contributed by atoms with van der Waals surface area (Å²) in [5.74, 6) is 1.03. The minimum Gasteiger partial charge on any atom is -0.378 e. The van der Waals surface area contributed by atoms with Crippen molar-refractivity contribution in [2.24, 2.45) is 10.4 Å². The first kappa shape index (κ1) is 22.5. The van der Waals surface area contributed by atoms with Crippen LogP contribution in [0.1, 0.15) is 45.4 Å². The van der Waals surface area contributed by atoms with Gasteiger partial charge in [-0.05, 0) is 44.7 Å². The Kier molecular flexibility index (Phi) is 7.58. The van der Waals surface area contributed by atoms with Crippen molar-refractivity contribution in [2.75, 3.05) is 31.6 Å². The van der Waals surface area contributed by atoms with Crippen molar-refractivity contribution in [1.82, 2.24) is 15.6 Å². The van der Waals surface area contributed by atoms with Crippen molar-refractivity contribution in [3.63, 3.8) is 0 Å². The Bertz CT molecular complexity index is 712. The molecule has 1 aliphatic heterocycles. The van der Waals surface area contributed by atoms with E-state index in [1.54, 1.807) is 12.3 Å². The minimum absolute atomic E-state index is 0. The fourth-order valence-electron chi connectivity index (χ4n) is 5.30. The minimum atomic E-state index is -0.259. The number of nitrogens with zero attached hydrogens (tertiary/aromatic N) is 3. The molecule has 2 aliphatic carbocycles. The third-order valence-corrected chi connectivity index (χ3v) is 6.79. The Morgan fingerprint density at radius 3 is 2.86 bits per heavy atom. The number of rotatable bonds is 5. The fraction of sp³-hybridized carbons (Fsp3) is 0.714. The average molecular weight is 517 g/mol. The van der Waals surface area contributed by atoms with Gasteiger partial charge < -0.3 is 20.3 Å². The van der Waals surface area contributed by atoms with Crippen LogP contribution in [0.2, 0.25) is 0 Å². The number of nitrogens with one attached hydrogen (secondary N) is 2. The van der Waals surface area contributed by atoms with E-state index in [1.807, 2.05) is 11.9 Å². The third-order valence-electron chi connectivity index (χ3n) is 6.79. The number of guanidine groups is 1. The molecule has 8 heteroatoms. The molecular weight excluding hydrogens is 484 g/mol. The molecule has 6 nitrogen and oxygen atoms in total. The lowest BCUT2D eigenvalue weighted by Gasteiger charge is -2.54. The van der Waals surface area contributed by atoms with Crippen LogP contribution in [-0.4, -0.2) is 55.9 Å². The maximum atomic E-state index is 14.0. The molecule has 3 atom stereocenters. The quantitative estimate of drug-likeness (QED) is 0.357. The molecule has 0 bridgehead atoms. The zero-order chi connectivity index (χ0) is 19.6. The van der Waals surface area contributed by atoms with Crippen LogP contribution in [0.3, 0.4) is 0 Å². The molecule has 2 heterocycles. The van der Waals surface area contributed by atoms with Crippen molar-refractivity contribution in [2.45, 2.75) is 63.6 Å². The molecule has 2 N–H and O–H groups in total. The van der Waals surface area contributed by atoms with Crippen LogP contribution >= 0.6 is 24.0 Å². The van der Waals surface area contributed by atoms with E-state index in [9.17, 15) is 4.39 Å². The summed E-state index contributed by atoms with van der Waals surface area (Å²) in [4.78, 5) is 10.7. The van der Waals surface area contributed by atoms with E-state index in [-0.39, 0.29) is 41.3 Å². The maximum absolute atomic E-state index is 14.0. The topological polar surface area (TPSA) is 61.8 Å². The van der Waals surface area contributed by atoms with Gasteiger partial charge in [-0.15, -0.1) is 24.0 Å². The molecule has 1 aromatic heterocycles. The second-order valence-corrected chi connectivity index (χ2v) is 8.27. The Hall–Kier alpha value is -1.16. The molecule has 0 radical (unpaired) electrons. The highest BCUT2D eigenvalue weighted by Gasteiger charge is 2.57. The molecule has 29 heavy (non-hydrogen) atoms. The van der Waals surface area contributed by atoms with E-state index in [4.69, 9.17) is 4.74 Å². The Morgan fingerprint density at radius 1 is 1.38 bits per heavy atom. The second-order valence-electron chi connectivity index (χ2n) is 8.27. The lowest BCUT2D eigenvalue weighted by molar-refractivity contribution is -0.125. The van der Waals surface area contributed by atoms with Gasteiger partial charge >= 0.3 is 0 Å². The molecule has 1 spiro atoms. The normalized spacial score (nSPS) is 28.2. The highest BCUT2D eigenvalue weighted by Crippen LogP contribution is 2.54. The number of aromatic nitrogens is 1. The van der Waals surface area contributed by atoms with Gasteiger partial charge in [-0.1, -0.05) is 12.8 Å². The molecule has 162 valence electrons. The molecular formula is C21H33FIN5O. The first-order valence-electron chi connectivity index (χ1n) is 10.6. The van der Waals surface area contributed by atoms with Gasteiger partial charge in [-0.3, -0.25) is 4.99 Å². The van der Waals surface area contributed by atoms with Gasteiger partial charge in [0.05, 0.1) is 6.10 Å². The molecule has 3 fully saturated rings. The monoisotopic (exact) mass is 517 g/mol. The maximum Gasteiger partial charge on any atom is 0.191 e. The summed E-state index contributed by atoms with van der Waals surface area (Å²) in [5, 5.41) is 7.21. The SMILES string of the molecule is CCOC1CC(NC(=NC)NC2CCN(c3ncccc3F)C2)C12CCCC2.I. The largest absolute Gasteiger partial charge is 0.378 e. The van der Waals surface area contributed by atoms with Gasteiger partial charge in [-0.25, -0.2) is 9.37 Å². The van der Waals surface area contributed by atoms with Crippen LogP contribution in [0.15, 0.2) is 23.3 Å². The number of anilines is 1.